The van der Waals surface area contributed by atoms with Crippen LogP contribution in [0.4, 0.5) is 5.82 Å². The number of benzene rings is 1. The van der Waals surface area contributed by atoms with Gasteiger partial charge in [0.05, 0.1) is 19.0 Å². The lowest BCUT2D eigenvalue weighted by molar-refractivity contribution is -0.112. The van der Waals surface area contributed by atoms with E-state index in [9.17, 15) is 18.6 Å². The van der Waals surface area contributed by atoms with Crippen molar-refractivity contribution in [1.82, 2.24) is 19.5 Å². The molecule has 1 aromatic carbocycles. The maximum absolute atomic E-state index is 11.1. The number of nitrogens with two attached hydrogens (primary N) is 1. The van der Waals surface area contributed by atoms with Crippen LogP contribution in [0.5, 0.6) is 0 Å². The summed E-state index contributed by atoms with van der Waals surface area (Å²) in [6.45, 7) is -0.579. The van der Waals surface area contributed by atoms with E-state index in [4.69, 9.17) is 9.88 Å². The second kappa shape index (κ2) is 9.29. The van der Waals surface area contributed by atoms with Crippen molar-refractivity contribution >= 4 is 27.3 Å². The average molecular weight is 479 g/mol. The summed E-state index contributed by atoms with van der Waals surface area (Å²) in [7, 11) is -1.06. The van der Waals surface area contributed by atoms with Gasteiger partial charge in [-0.2, -0.15) is 8.42 Å². The van der Waals surface area contributed by atoms with E-state index < -0.39 is 35.3 Å². The topological polar surface area (TPSA) is 166 Å². The van der Waals surface area contributed by atoms with Gasteiger partial charge >= 0.3 is 10.3 Å². The number of aliphatic hydroxyl groups excluding tert-OH is 2. The summed E-state index contributed by atoms with van der Waals surface area (Å²) in [5, 5.41) is 26.2. The molecule has 33 heavy (non-hydrogen) atoms. The monoisotopic (exact) mass is 478 g/mol. The number of methoxy groups -OCH3 is 1. The summed E-state index contributed by atoms with van der Waals surface area (Å²) in [5.74, 6) is 0.586. The number of imidazole rings is 1. The first-order chi connectivity index (χ1) is 15.7. The van der Waals surface area contributed by atoms with E-state index in [1.54, 1.807) is 0 Å². The van der Waals surface area contributed by atoms with Crippen LogP contribution < -0.4 is 10.0 Å². The van der Waals surface area contributed by atoms with Crippen molar-refractivity contribution in [3.63, 3.8) is 0 Å². The summed E-state index contributed by atoms with van der Waals surface area (Å²) >= 11 is 0. The normalized spacial score (nSPS) is 18.8. The SMILES string of the molecule is CO[C@H](COS(N)(=O)=O)[C@@H](O)[C@@H](O)n1cnc2c(N(C)[C@H]3CCc4ccccc43)ncnc21. The molecule has 0 bridgehead atoms. The summed E-state index contributed by atoms with van der Waals surface area (Å²) in [6, 6.07) is 8.39. The van der Waals surface area contributed by atoms with Crippen molar-refractivity contribution < 1.29 is 27.6 Å². The van der Waals surface area contributed by atoms with Crippen LogP contribution in [-0.2, 0) is 25.6 Å². The van der Waals surface area contributed by atoms with Gasteiger partial charge in [0.2, 0.25) is 0 Å². The van der Waals surface area contributed by atoms with Gasteiger partial charge in [0.15, 0.2) is 23.2 Å². The van der Waals surface area contributed by atoms with Crippen LogP contribution in [0.25, 0.3) is 11.2 Å². The standard InChI is InChI=1S/C20H26N6O6S/c1-25(14-8-7-12-5-3-4-6-13(12)14)18-16-19(23-10-22-18)26(11-24-16)20(28)17(27)15(31-2)9-32-33(21,29)30/h3-6,10-11,14-15,17,20,27-28H,7-9H2,1-2H3,(H2,21,29,30)/t14-,15+,17+,20+/m0/s1. The highest BCUT2D eigenvalue weighted by Gasteiger charge is 2.32. The molecule has 4 atom stereocenters. The van der Waals surface area contributed by atoms with Gasteiger partial charge in [0, 0.05) is 14.2 Å². The number of rotatable bonds is 9. The number of anilines is 1. The maximum atomic E-state index is 11.1. The highest BCUT2D eigenvalue weighted by atomic mass is 32.2. The molecule has 0 amide bonds. The zero-order chi connectivity index (χ0) is 23.8. The number of hydrogen-bond donors (Lipinski definition) is 3. The van der Waals surface area contributed by atoms with Crippen LogP contribution in [0.3, 0.4) is 0 Å². The van der Waals surface area contributed by atoms with Crippen LogP contribution in [-0.4, -0.2) is 71.1 Å². The van der Waals surface area contributed by atoms with Crippen LogP contribution in [0.15, 0.2) is 36.9 Å². The molecule has 0 saturated heterocycles. The van der Waals surface area contributed by atoms with Crippen LogP contribution in [0, 0.1) is 0 Å². The number of aliphatic hydroxyl groups is 2. The molecule has 0 saturated carbocycles. The van der Waals surface area contributed by atoms with Crippen molar-refractivity contribution in [2.45, 2.75) is 37.3 Å². The Bertz CT molecular complexity index is 1230. The number of nitrogens with zero attached hydrogens (tertiary/aromatic N) is 5. The van der Waals surface area contributed by atoms with Crippen molar-refractivity contribution in [1.29, 1.82) is 0 Å². The Balaban J connectivity index is 1.61. The van der Waals surface area contributed by atoms with Crippen molar-refractivity contribution in [2.75, 3.05) is 25.7 Å². The number of hydrogen-bond acceptors (Lipinski definition) is 10. The Morgan fingerprint density at radius 1 is 1.27 bits per heavy atom. The average Bonchev–Trinajstić information content (AvgIpc) is 3.42. The first kappa shape index (κ1) is 23.5. The van der Waals surface area contributed by atoms with Crippen LogP contribution >= 0.6 is 0 Å². The molecule has 1 aliphatic rings. The van der Waals surface area contributed by atoms with Gasteiger partial charge in [-0.15, -0.1) is 0 Å². The number of fused-ring (bicyclic) bond motifs is 2. The lowest BCUT2D eigenvalue weighted by atomic mass is 10.1. The van der Waals surface area contributed by atoms with Gasteiger partial charge in [-0.25, -0.2) is 20.1 Å². The lowest BCUT2D eigenvalue weighted by Crippen LogP contribution is -2.40. The van der Waals surface area contributed by atoms with E-state index in [1.807, 2.05) is 24.1 Å². The molecule has 0 aliphatic heterocycles. The molecule has 2 heterocycles. The summed E-state index contributed by atoms with van der Waals surface area (Å²) in [5.41, 5.74) is 3.28. The lowest BCUT2D eigenvalue weighted by Gasteiger charge is -2.27. The van der Waals surface area contributed by atoms with Gasteiger partial charge in [0.1, 0.15) is 18.5 Å². The summed E-state index contributed by atoms with van der Waals surface area (Å²) in [6.07, 6.45) is 0.303. The molecule has 0 fully saturated rings. The van der Waals surface area contributed by atoms with Gasteiger partial charge in [-0.3, -0.25) is 8.75 Å². The third-order valence-corrected chi connectivity index (χ3v) is 6.38. The summed E-state index contributed by atoms with van der Waals surface area (Å²) < 4.78 is 32.9. The highest BCUT2D eigenvalue weighted by molar-refractivity contribution is 7.84. The van der Waals surface area contributed by atoms with E-state index >= 15 is 0 Å². The minimum atomic E-state index is -4.24. The molecule has 4 N–H and O–H groups in total. The minimum Gasteiger partial charge on any atom is -0.386 e. The molecule has 0 unspecified atom stereocenters. The maximum Gasteiger partial charge on any atom is 0.333 e. The van der Waals surface area contributed by atoms with Crippen molar-refractivity contribution in [3.05, 3.63) is 48.0 Å². The molecule has 12 nitrogen and oxygen atoms in total. The van der Waals surface area contributed by atoms with E-state index in [0.29, 0.717) is 17.0 Å². The smallest absolute Gasteiger partial charge is 0.333 e. The molecule has 1 aliphatic carbocycles. The second-order valence-corrected chi connectivity index (χ2v) is 9.06. The highest BCUT2D eigenvalue weighted by Crippen LogP contribution is 2.38. The molecule has 0 radical (unpaired) electrons. The van der Waals surface area contributed by atoms with Crippen LogP contribution in [0.1, 0.15) is 29.8 Å². The predicted octanol–water partition coefficient (Wildman–Crippen LogP) is 0.0369. The molecule has 3 aromatic rings. The summed E-state index contributed by atoms with van der Waals surface area (Å²) in [4.78, 5) is 15.1. The first-order valence-electron chi connectivity index (χ1n) is 10.3. The third-order valence-electron chi connectivity index (χ3n) is 5.91. The fourth-order valence-corrected chi connectivity index (χ4v) is 4.52. The molecule has 2 aromatic heterocycles. The number of ether oxygens (including phenoxy) is 1. The van der Waals surface area contributed by atoms with Gasteiger partial charge in [-0.1, -0.05) is 24.3 Å². The van der Waals surface area contributed by atoms with Crippen molar-refractivity contribution in [3.8, 4) is 0 Å². The molecular weight excluding hydrogens is 452 g/mol. The zero-order valence-corrected chi connectivity index (χ0v) is 19.0. The Morgan fingerprint density at radius 2 is 2.03 bits per heavy atom. The van der Waals surface area contributed by atoms with E-state index in [0.717, 1.165) is 12.8 Å². The molecule has 178 valence electrons. The number of aryl methyl sites for hydroxylation is 1. The first-order valence-corrected chi connectivity index (χ1v) is 11.7. The van der Waals surface area contributed by atoms with E-state index in [1.165, 1.54) is 35.5 Å². The minimum absolute atomic E-state index is 0.119. The van der Waals surface area contributed by atoms with Crippen LogP contribution in [0.2, 0.25) is 0 Å². The second-order valence-electron chi connectivity index (χ2n) is 7.84. The molecular formula is C20H26N6O6S. The molecule has 0 spiro atoms. The predicted molar refractivity (Wildman–Crippen MR) is 118 cm³/mol. The van der Waals surface area contributed by atoms with E-state index in [2.05, 4.69) is 31.3 Å². The third kappa shape index (κ3) is 4.69. The van der Waals surface area contributed by atoms with Gasteiger partial charge < -0.3 is 19.8 Å². The van der Waals surface area contributed by atoms with Gasteiger partial charge in [0.25, 0.3) is 0 Å². The van der Waals surface area contributed by atoms with E-state index in [-0.39, 0.29) is 6.04 Å². The van der Waals surface area contributed by atoms with Gasteiger partial charge in [-0.05, 0) is 24.0 Å². The molecule has 13 heteroatoms. The Labute approximate surface area is 190 Å². The number of aromatic nitrogens is 4. The van der Waals surface area contributed by atoms with Crippen molar-refractivity contribution in [2.24, 2.45) is 5.14 Å². The Morgan fingerprint density at radius 3 is 2.76 bits per heavy atom. The molecule has 4 rings (SSSR count). The fourth-order valence-electron chi connectivity index (χ4n) is 4.20. The quantitative estimate of drug-likeness (QED) is 0.382. The zero-order valence-electron chi connectivity index (χ0n) is 18.1. The largest absolute Gasteiger partial charge is 0.386 e. The Kier molecular flexibility index (Phi) is 6.61. The Hall–Kier alpha value is -2.68. The fraction of sp³-hybridized carbons (Fsp3) is 0.450.